The van der Waals surface area contributed by atoms with Gasteiger partial charge in [-0.25, -0.2) is 9.59 Å². The zero-order chi connectivity index (χ0) is 35.6. The zero-order valence-corrected chi connectivity index (χ0v) is 25.8. The molecule has 5 rings (SSSR count). The van der Waals surface area contributed by atoms with Gasteiger partial charge in [-0.1, -0.05) is 24.3 Å². The van der Waals surface area contributed by atoms with E-state index in [4.69, 9.17) is 24.5 Å². The van der Waals surface area contributed by atoms with Gasteiger partial charge in [-0.05, 0) is 55.3 Å². The minimum Gasteiger partial charge on any atom is -0.497 e. The highest BCUT2D eigenvalue weighted by Crippen LogP contribution is 2.29. The van der Waals surface area contributed by atoms with Crippen molar-refractivity contribution in [2.45, 2.75) is 38.3 Å². The fourth-order valence-corrected chi connectivity index (χ4v) is 4.81. The Balaban J connectivity index is 0.000000376. The molecule has 3 N–H and O–H groups in total. The average Bonchev–Trinajstić information content (AvgIpc) is 3.81. The van der Waals surface area contributed by atoms with Crippen molar-refractivity contribution >= 4 is 28.7 Å². The van der Waals surface area contributed by atoms with E-state index in [1.807, 2.05) is 49.9 Å². The van der Waals surface area contributed by atoms with E-state index in [1.165, 1.54) is 12.8 Å². The van der Waals surface area contributed by atoms with E-state index < -0.39 is 24.3 Å². The zero-order valence-electron chi connectivity index (χ0n) is 25.8. The maximum absolute atomic E-state index is 13.6. The number of amides is 1. The molecule has 1 amide bonds. The summed E-state index contributed by atoms with van der Waals surface area (Å²) in [6.45, 7) is 4.69. The number of hydrogen-bond donors (Lipinski definition) is 3. The molecule has 11 nitrogen and oxygen atoms in total. The van der Waals surface area contributed by atoms with Crippen molar-refractivity contribution in [2.75, 3.05) is 33.8 Å². The molecule has 260 valence electrons. The lowest BCUT2D eigenvalue weighted by atomic mass is 10.1. The van der Waals surface area contributed by atoms with Crippen molar-refractivity contribution in [1.29, 1.82) is 0 Å². The van der Waals surface area contributed by atoms with Crippen LogP contribution < -0.4 is 4.74 Å². The maximum Gasteiger partial charge on any atom is 0.490 e. The van der Waals surface area contributed by atoms with E-state index in [-0.39, 0.29) is 5.91 Å². The lowest BCUT2D eigenvalue weighted by Crippen LogP contribution is -2.26. The third-order valence-corrected chi connectivity index (χ3v) is 7.19. The average molecular weight is 686 g/mol. The third-order valence-electron chi connectivity index (χ3n) is 7.19. The number of hydrogen-bond acceptors (Lipinski definition) is 6. The molecule has 0 radical (unpaired) electrons. The number of carbonyl (C=O) groups excluding carboxylic acids is 1. The van der Waals surface area contributed by atoms with Crippen molar-refractivity contribution in [3.05, 3.63) is 72.2 Å². The Hall–Kier alpha value is -5.06. The maximum atomic E-state index is 13.6. The number of carboxylic acids is 2. The first kappa shape index (κ1) is 37.4. The number of aliphatic carboxylic acids is 2. The Morgan fingerprint density at radius 1 is 0.938 bits per heavy atom. The summed E-state index contributed by atoms with van der Waals surface area (Å²) in [5.41, 5.74) is 4.98. The molecule has 17 heteroatoms. The summed E-state index contributed by atoms with van der Waals surface area (Å²) in [6, 6.07) is 14.2. The van der Waals surface area contributed by atoms with E-state index in [2.05, 4.69) is 37.9 Å². The first-order valence-electron chi connectivity index (χ1n) is 14.3. The van der Waals surface area contributed by atoms with Crippen molar-refractivity contribution in [3.63, 3.8) is 0 Å². The highest BCUT2D eigenvalue weighted by molar-refractivity contribution is 6.07. The molecule has 0 saturated carbocycles. The Labute approximate surface area is 270 Å². The molecule has 1 aliphatic heterocycles. The molecule has 2 aromatic heterocycles. The molecule has 2 aromatic carbocycles. The number of nitrogens with zero attached hydrogens (tertiary/aromatic N) is 4. The number of methoxy groups -OCH3 is 1. The summed E-state index contributed by atoms with van der Waals surface area (Å²) in [7, 11) is 3.51. The lowest BCUT2D eigenvalue weighted by molar-refractivity contribution is -0.193. The largest absolute Gasteiger partial charge is 0.497 e. The minimum atomic E-state index is -5.08. The lowest BCUT2D eigenvalue weighted by Gasteiger charge is -2.17. The molecular formula is C31H33F6N5O6. The number of rotatable bonds is 8. The summed E-state index contributed by atoms with van der Waals surface area (Å²) in [5.74, 6) is -4.70. The highest BCUT2D eigenvalue weighted by Gasteiger charge is 2.38. The standard InChI is InChI=1S/C27H31N5O2.2C2HF3O2/c1-30(18-20-6-5-7-23(14-20)34-2)27(33)25-19-32(13-12-31-10-3-4-11-31)26-15-21(8-9-24(25)26)22-16-28-29-17-22;2*3-2(4,5)1(6)7/h5-9,14-17,19H,3-4,10-13,18H2,1-2H3,(H,28,29);2*(H,6,7). The van der Waals surface area contributed by atoms with Crippen LogP contribution in [0.2, 0.25) is 0 Å². The van der Waals surface area contributed by atoms with Crippen LogP contribution in [-0.4, -0.2) is 98.8 Å². The van der Waals surface area contributed by atoms with Crippen LogP contribution in [0.25, 0.3) is 22.0 Å². The second-order valence-electron chi connectivity index (χ2n) is 10.6. The normalized spacial score (nSPS) is 13.2. The second kappa shape index (κ2) is 16.2. The van der Waals surface area contributed by atoms with Crippen LogP contribution in [0.4, 0.5) is 26.3 Å². The van der Waals surface area contributed by atoms with Crippen LogP contribution in [-0.2, 0) is 22.7 Å². The van der Waals surface area contributed by atoms with Gasteiger partial charge in [0.2, 0.25) is 0 Å². The fourth-order valence-electron chi connectivity index (χ4n) is 4.81. The number of aromatic amines is 1. The quantitative estimate of drug-likeness (QED) is 0.202. The van der Waals surface area contributed by atoms with Crippen LogP contribution in [0.15, 0.2) is 61.1 Å². The van der Waals surface area contributed by atoms with Gasteiger partial charge in [0.15, 0.2) is 0 Å². The van der Waals surface area contributed by atoms with Crippen LogP contribution in [0.3, 0.4) is 0 Å². The highest BCUT2D eigenvalue weighted by atomic mass is 19.4. The molecule has 0 aliphatic carbocycles. The SMILES string of the molecule is COc1cccc(CN(C)C(=O)c2cn(CCN3CCCC3)c3cc(-c4cn[nH]c4)ccc23)c1.O=C(O)C(F)(F)F.O=C(O)C(F)(F)F. The predicted molar refractivity (Wildman–Crippen MR) is 161 cm³/mol. The molecule has 0 atom stereocenters. The summed E-state index contributed by atoms with van der Waals surface area (Å²) >= 11 is 0. The summed E-state index contributed by atoms with van der Waals surface area (Å²) in [5, 5.41) is 22.2. The number of carbonyl (C=O) groups is 3. The number of nitrogens with one attached hydrogen (secondary N) is 1. The Bertz CT molecular complexity index is 1660. The summed E-state index contributed by atoms with van der Waals surface area (Å²) < 4.78 is 71.0. The van der Waals surface area contributed by atoms with Gasteiger partial charge in [-0.15, -0.1) is 0 Å². The minimum absolute atomic E-state index is 0.0174. The van der Waals surface area contributed by atoms with Gasteiger partial charge >= 0.3 is 24.3 Å². The fraction of sp³-hybridized carbons (Fsp3) is 0.355. The Kier molecular flexibility index (Phi) is 12.6. The molecule has 0 unspecified atom stereocenters. The predicted octanol–water partition coefficient (Wildman–Crippen LogP) is 5.67. The van der Waals surface area contributed by atoms with Crippen LogP contribution in [0.1, 0.15) is 28.8 Å². The molecule has 1 saturated heterocycles. The van der Waals surface area contributed by atoms with Crippen LogP contribution in [0.5, 0.6) is 5.75 Å². The first-order valence-corrected chi connectivity index (χ1v) is 14.3. The van der Waals surface area contributed by atoms with E-state index in [0.29, 0.717) is 6.54 Å². The molecule has 0 bridgehead atoms. The van der Waals surface area contributed by atoms with Crippen LogP contribution >= 0.6 is 0 Å². The van der Waals surface area contributed by atoms with Crippen molar-refractivity contribution < 1.29 is 55.7 Å². The van der Waals surface area contributed by atoms with E-state index in [9.17, 15) is 31.1 Å². The number of fused-ring (bicyclic) bond motifs is 1. The second-order valence-corrected chi connectivity index (χ2v) is 10.6. The first-order chi connectivity index (χ1) is 22.5. The van der Waals surface area contributed by atoms with Gasteiger partial charge in [-0.2, -0.15) is 31.4 Å². The smallest absolute Gasteiger partial charge is 0.490 e. The van der Waals surface area contributed by atoms with E-state index >= 15 is 0 Å². The summed E-state index contributed by atoms with van der Waals surface area (Å²) in [4.78, 5) is 35.6. The number of carboxylic acid groups (broad SMARTS) is 2. The molecule has 48 heavy (non-hydrogen) atoms. The number of alkyl halides is 6. The topological polar surface area (TPSA) is 141 Å². The van der Waals surface area contributed by atoms with Gasteiger partial charge < -0.3 is 29.3 Å². The van der Waals surface area contributed by atoms with Crippen molar-refractivity contribution in [3.8, 4) is 16.9 Å². The number of benzene rings is 2. The Morgan fingerprint density at radius 3 is 2.10 bits per heavy atom. The molecule has 0 spiro atoms. The number of likely N-dealkylation sites (tertiary alicyclic amines) is 1. The molecule has 1 aliphatic rings. The monoisotopic (exact) mass is 685 g/mol. The third kappa shape index (κ3) is 10.5. The number of ether oxygens (including phenoxy) is 1. The van der Waals surface area contributed by atoms with Crippen LogP contribution in [0, 0.1) is 0 Å². The molecule has 3 heterocycles. The van der Waals surface area contributed by atoms with Gasteiger partial charge in [-0.3, -0.25) is 9.89 Å². The van der Waals surface area contributed by atoms with Gasteiger partial charge in [0.1, 0.15) is 5.75 Å². The summed E-state index contributed by atoms with van der Waals surface area (Å²) in [6.07, 6.45) is -1.87. The van der Waals surface area contributed by atoms with Crippen molar-refractivity contribution in [1.82, 2.24) is 24.6 Å². The van der Waals surface area contributed by atoms with Gasteiger partial charge in [0.25, 0.3) is 5.91 Å². The van der Waals surface area contributed by atoms with E-state index in [0.717, 1.165) is 65.1 Å². The van der Waals surface area contributed by atoms with Gasteiger partial charge in [0.05, 0.1) is 18.9 Å². The van der Waals surface area contributed by atoms with Crippen molar-refractivity contribution in [2.24, 2.45) is 0 Å². The number of H-pyrrole nitrogens is 1. The van der Waals surface area contributed by atoms with E-state index in [1.54, 1.807) is 12.0 Å². The van der Waals surface area contributed by atoms with Gasteiger partial charge in [0, 0.05) is 55.5 Å². The molecular weight excluding hydrogens is 652 g/mol. The number of aromatic nitrogens is 3. The molecule has 1 fully saturated rings. The molecule has 4 aromatic rings. The number of halogens is 6. The Morgan fingerprint density at radius 2 is 1.56 bits per heavy atom.